The van der Waals surface area contributed by atoms with Gasteiger partial charge >= 0.3 is 0 Å². The number of benzene rings is 9. The van der Waals surface area contributed by atoms with Crippen molar-refractivity contribution in [1.82, 2.24) is 0 Å². The molecule has 9 rings (SSSR count). The zero-order chi connectivity index (χ0) is 43.8. The van der Waals surface area contributed by atoms with E-state index in [0.29, 0.717) is 0 Å². The van der Waals surface area contributed by atoms with E-state index in [9.17, 15) is 0 Å². The molecule has 0 aliphatic carbocycles. The zero-order valence-corrected chi connectivity index (χ0v) is 37.2. The Morgan fingerprint density at radius 3 is 1.19 bits per heavy atom. The maximum absolute atomic E-state index is 2.50. The smallest absolute Gasteiger partial charge is 0.0485 e. The highest BCUT2D eigenvalue weighted by Crippen LogP contribution is 2.38. The highest BCUT2D eigenvalue weighted by Gasteiger charge is 2.22. The lowest BCUT2D eigenvalue weighted by molar-refractivity contribution is 0.791. The van der Waals surface area contributed by atoms with Crippen molar-refractivity contribution in [2.45, 2.75) is 33.6 Å². The van der Waals surface area contributed by atoms with E-state index in [0.717, 1.165) is 23.5 Å². The second kappa shape index (κ2) is 19.2. The van der Waals surface area contributed by atoms with Crippen LogP contribution in [0.25, 0.3) is 27.8 Å². The van der Waals surface area contributed by atoms with E-state index in [2.05, 4.69) is 274 Å². The van der Waals surface area contributed by atoms with Gasteiger partial charge in [-0.15, -0.1) is 0 Å². The van der Waals surface area contributed by atoms with Gasteiger partial charge in [-0.3, -0.25) is 0 Å². The second-order valence-corrected chi connectivity index (χ2v) is 16.9. The molecular weight excluding hydrogens is 773 g/mol. The molecular formula is C62H54N2. The molecule has 0 spiro atoms. The number of nitrogens with zero attached hydrogens (tertiary/aromatic N) is 2. The molecule has 0 aromatic heterocycles. The van der Waals surface area contributed by atoms with Crippen LogP contribution in [0, 0.1) is 27.7 Å². The lowest BCUT2D eigenvalue weighted by Crippen LogP contribution is -2.25. The van der Waals surface area contributed by atoms with Gasteiger partial charge in [-0.1, -0.05) is 205 Å². The number of anilines is 4. The van der Waals surface area contributed by atoms with Crippen LogP contribution in [0.5, 0.6) is 0 Å². The fraction of sp³-hybridized carbons (Fsp3) is 0.0968. The molecule has 0 atom stereocenters. The van der Waals surface area contributed by atoms with Crippen LogP contribution in [0.4, 0.5) is 22.7 Å². The van der Waals surface area contributed by atoms with E-state index in [-0.39, 0.29) is 5.92 Å². The molecule has 64 heavy (non-hydrogen) atoms. The van der Waals surface area contributed by atoms with Crippen molar-refractivity contribution in [1.29, 1.82) is 0 Å². The Kier molecular flexibility index (Phi) is 12.5. The number of hydrogen-bond donors (Lipinski definition) is 0. The first-order valence-corrected chi connectivity index (χ1v) is 22.3. The molecule has 0 saturated carbocycles. The summed E-state index contributed by atoms with van der Waals surface area (Å²) in [5.41, 5.74) is 20.6. The molecule has 9 aromatic rings. The summed E-state index contributed by atoms with van der Waals surface area (Å²) in [5, 5.41) is 0. The molecule has 0 amide bonds. The molecule has 0 N–H and O–H groups in total. The normalized spacial score (nSPS) is 11.0. The van der Waals surface area contributed by atoms with Crippen molar-refractivity contribution in [3.63, 3.8) is 0 Å². The van der Waals surface area contributed by atoms with Crippen molar-refractivity contribution in [2.75, 3.05) is 16.3 Å². The molecule has 2 nitrogen and oxygen atoms in total. The van der Waals surface area contributed by atoms with Gasteiger partial charge in [0.1, 0.15) is 0 Å². The first kappa shape index (κ1) is 41.7. The van der Waals surface area contributed by atoms with Crippen LogP contribution in [0.15, 0.2) is 237 Å². The van der Waals surface area contributed by atoms with Gasteiger partial charge < -0.3 is 9.80 Å². The Morgan fingerprint density at radius 2 is 0.766 bits per heavy atom. The molecule has 0 bridgehead atoms. The summed E-state index contributed by atoms with van der Waals surface area (Å²) < 4.78 is 0. The largest absolute Gasteiger partial charge is 0.340 e. The van der Waals surface area contributed by atoms with Crippen LogP contribution in [0.2, 0.25) is 0 Å². The quantitative estimate of drug-likeness (QED) is 0.114. The monoisotopic (exact) mass is 826 g/mol. The molecule has 312 valence electrons. The third-order valence-corrected chi connectivity index (χ3v) is 12.3. The predicted molar refractivity (Wildman–Crippen MR) is 273 cm³/mol. The van der Waals surface area contributed by atoms with Crippen LogP contribution in [0.3, 0.4) is 0 Å². The SMILES string of the molecule is Cc1ccc(N(C=C(c2ccccc2)c2ccccc2)c2ccc(-c3ccc(-c4ccc(N(CC(c5ccccc5)c5ccccc5)c5ccc(C)cc5C)cc4)cc3)cc2)c(C)c1. The summed E-state index contributed by atoms with van der Waals surface area (Å²) in [6.07, 6.45) is 2.30. The van der Waals surface area contributed by atoms with Crippen LogP contribution in [0.1, 0.15) is 50.4 Å². The Labute approximate surface area is 380 Å². The Hall–Kier alpha value is -7.68. The molecule has 0 fully saturated rings. The minimum Gasteiger partial charge on any atom is -0.340 e. The van der Waals surface area contributed by atoms with Crippen molar-refractivity contribution in [3.05, 3.63) is 281 Å². The topological polar surface area (TPSA) is 6.48 Å². The predicted octanol–water partition coefficient (Wildman–Crippen LogP) is 16.5. The highest BCUT2D eigenvalue weighted by atomic mass is 15.1. The molecule has 2 heteroatoms. The summed E-state index contributed by atoms with van der Waals surface area (Å²) in [5.74, 6) is 0.191. The Morgan fingerprint density at radius 1 is 0.391 bits per heavy atom. The van der Waals surface area contributed by atoms with Crippen molar-refractivity contribution in [2.24, 2.45) is 0 Å². The lowest BCUT2D eigenvalue weighted by atomic mass is 9.90. The third-order valence-electron chi connectivity index (χ3n) is 12.3. The molecule has 0 radical (unpaired) electrons. The minimum absolute atomic E-state index is 0.191. The first-order valence-electron chi connectivity index (χ1n) is 22.3. The Balaban J connectivity index is 1.00. The number of rotatable bonds is 13. The molecule has 0 aliphatic heterocycles. The zero-order valence-electron chi connectivity index (χ0n) is 37.2. The first-order chi connectivity index (χ1) is 31.4. The standard InChI is InChI=1S/C62H54N2/c1-45-25-39-61(47(3)41-45)63(43-59(53-17-9-5-10-18-53)54-19-11-6-12-20-54)57-35-31-51(32-36-57)49-27-29-50(30-28-49)52-33-37-58(38-34-52)64(62-40-26-46(2)42-48(62)4)44-60(55-21-13-7-14-22-55)56-23-15-8-16-24-56/h5-43,60H,44H2,1-4H3. The maximum atomic E-state index is 2.50. The van der Waals surface area contributed by atoms with Crippen molar-refractivity contribution >= 4 is 28.3 Å². The molecule has 0 heterocycles. The maximum Gasteiger partial charge on any atom is 0.0485 e. The van der Waals surface area contributed by atoms with Crippen LogP contribution in [-0.2, 0) is 0 Å². The van der Waals surface area contributed by atoms with Crippen molar-refractivity contribution in [3.8, 4) is 22.3 Å². The third kappa shape index (κ3) is 9.38. The fourth-order valence-electron chi connectivity index (χ4n) is 8.95. The van der Waals surface area contributed by atoms with Gasteiger partial charge in [0.25, 0.3) is 0 Å². The van der Waals surface area contributed by atoms with Crippen molar-refractivity contribution < 1.29 is 0 Å². The molecule has 0 unspecified atom stereocenters. The second-order valence-electron chi connectivity index (χ2n) is 16.9. The Bertz CT molecular complexity index is 2870. The fourth-order valence-corrected chi connectivity index (χ4v) is 8.95. The molecule has 0 saturated heterocycles. The number of hydrogen-bond acceptors (Lipinski definition) is 2. The summed E-state index contributed by atoms with van der Waals surface area (Å²) in [6, 6.07) is 83.7. The van der Waals surface area contributed by atoms with Crippen LogP contribution >= 0.6 is 0 Å². The van der Waals surface area contributed by atoms with Gasteiger partial charge in [0.15, 0.2) is 0 Å². The average Bonchev–Trinajstić information content (AvgIpc) is 3.34. The van der Waals surface area contributed by atoms with Gasteiger partial charge in [0.2, 0.25) is 0 Å². The van der Waals surface area contributed by atoms with Crippen LogP contribution in [-0.4, -0.2) is 6.54 Å². The minimum atomic E-state index is 0.191. The van der Waals surface area contributed by atoms with E-state index >= 15 is 0 Å². The van der Waals surface area contributed by atoms with E-state index in [1.807, 2.05) is 0 Å². The van der Waals surface area contributed by atoms with Gasteiger partial charge in [-0.05, 0) is 120 Å². The van der Waals surface area contributed by atoms with Crippen LogP contribution < -0.4 is 9.80 Å². The van der Waals surface area contributed by atoms with E-state index in [1.54, 1.807) is 0 Å². The average molecular weight is 827 g/mol. The summed E-state index contributed by atoms with van der Waals surface area (Å²) in [6.45, 7) is 9.56. The van der Waals surface area contributed by atoms with E-state index < -0.39 is 0 Å². The summed E-state index contributed by atoms with van der Waals surface area (Å²) >= 11 is 0. The van der Waals surface area contributed by atoms with Gasteiger partial charge in [0.05, 0.1) is 0 Å². The van der Waals surface area contributed by atoms with Gasteiger partial charge in [-0.25, -0.2) is 0 Å². The number of aryl methyl sites for hydroxylation is 4. The molecule has 9 aromatic carbocycles. The lowest BCUT2D eigenvalue weighted by Gasteiger charge is -2.32. The summed E-state index contributed by atoms with van der Waals surface area (Å²) in [7, 11) is 0. The molecule has 0 aliphatic rings. The van der Waals surface area contributed by atoms with Gasteiger partial charge in [-0.2, -0.15) is 0 Å². The highest BCUT2D eigenvalue weighted by molar-refractivity contribution is 5.85. The van der Waals surface area contributed by atoms with E-state index in [4.69, 9.17) is 0 Å². The van der Waals surface area contributed by atoms with Gasteiger partial charge in [0, 0.05) is 47.0 Å². The summed E-state index contributed by atoms with van der Waals surface area (Å²) in [4.78, 5) is 4.84. The van der Waals surface area contributed by atoms with E-state index in [1.165, 1.54) is 78.1 Å².